The number of aliphatic carboxylic acids is 1. The molecule has 2 heterocycles. The van der Waals surface area contributed by atoms with Crippen LogP contribution < -0.4 is 14.8 Å². The maximum Gasteiger partial charge on any atom is 0.326 e. The summed E-state index contributed by atoms with van der Waals surface area (Å²) >= 11 is 6.81. The SMILES string of the molecule is CN=Cc1cncc(COc2cc(OCc3cccc(-c4cccc(-c5ccc(C6CCCN6CCO)cc5)c4C)c3C)c(Cl)cc2CN[C@@](C)(CO)C(=O)O)c1. The summed E-state index contributed by atoms with van der Waals surface area (Å²) in [6, 6.07) is 27.2. The van der Waals surface area contributed by atoms with Crippen molar-refractivity contribution in [3.63, 3.8) is 0 Å². The highest BCUT2D eigenvalue weighted by Crippen LogP contribution is 2.38. The average molecular weight is 791 g/mol. The molecule has 1 unspecified atom stereocenters. The van der Waals surface area contributed by atoms with E-state index in [2.05, 4.69) is 82.6 Å². The van der Waals surface area contributed by atoms with Gasteiger partial charge in [-0.1, -0.05) is 72.3 Å². The van der Waals surface area contributed by atoms with Crippen LogP contribution >= 0.6 is 11.6 Å². The molecule has 0 radical (unpaired) electrons. The van der Waals surface area contributed by atoms with E-state index in [1.807, 2.05) is 18.2 Å². The number of aliphatic hydroxyl groups excluding tert-OH is 2. The average Bonchev–Trinajstić information content (AvgIpc) is 3.68. The van der Waals surface area contributed by atoms with Crippen LogP contribution in [0, 0.1) is 13.8 Å². The van der Waals surface area contributed by atoms with Crippen molar-refractivity contribution in [2.45, 2.75) is 65.0 Å². The maximum absolute atomic E-state index is 11.9. The van der Waals surface area contributed by atoms with Gasteiger partial charge in [-0.2, -0.15) is 0 Å². The minimum Gasteiger partial charge on any atom is -0.488 e. The number of benzene rings is 4. The number of carboxylic acids is 1. The maximum atomic E-state index is 11.9. The van der Waals surface area contributed by atoms with Gasteiger partial charge in [0.15, 0.2) is 0 Å². The van der Waals surface area contributed by atoms with Crippen molar-refractivity contribution in [1.82, 2.24) is 15.2 Å². The van der Waals surface area contributed by atoms with E-state index in [1.165, 1.54) is 23.6 Å². The van der Waals surface area contributed by atoms with Crippen molar-refractivity contribution in [1.29, 1.82) is 0 Å². The number of carboxylic acid groups (broad SMARTS) is 1. The van der Waals surface area contributed by atoms with Gasteiger partial charge < -0.3 is 24.8 Å². The lowest BCUT2D eigenvalue weighted by atomic mass is 9.89. The van der Waals surface area contributed by atoms with Gasteiger partial charge in [0.2, 0.25) is 0 Å². The van der Waals surface area contributed by atoms with E-state index in [-0.39, 0.29) is 26.4 Å². The molecule has 1 saturated heterocycles. The number of halogens is 1. The smallest absolute Gasteiger partial charge is 0.326 e. The van der Waals surface area contributed by atoms with Crippen molar-refractivity contribution in [2.75, 3.05) is 33.4 Å². The lowest BCUT2D eigenvalue weighted by molar-refractivity contribution is -0.145. The molecule has 0 spiro atoms. The Morgan fingerprint density at radius 3 is 2.39 bits per heavy atom. The van der Waals surface area contributed by atoms with Crippen LogP contribution in [-0.4, -0.2) is 76.3 Å². The Morgan fingerprint density at radius 2 is 1.67 bits per heavy atom. The number of likely N-dealkylation sites (tertiary alicyclic amines) is 1. The van der Waals surface area contributed by atoms with E-state index in [9.17, 15) is 20.1 Å². The molecular formula is C46H51ClN4O6. The summed E-state index contributed by atoms with van der Waals surface area (Å²) in [6.07, 6.45) is 7.38. The van der Waals surface area contributed by atoms with Gasteiger partial charge in [0, 0.05) is 67.5 Å². The Balaban J connectivity index is 1.23. The minimum atomic E-state index is -1.57. The number of nitrogens with one attached hydrogen (secondary N) is 1. The number of ether oxygens (including phenoxy) is 2. The molecule has 1 aromatic heterocycles. The van der Waals surface area contributed by atoms with Crippen molar-refractivity contribution in [3.8, 4) is 33.8 Å². The second-order valence-corrected chi connectivity index (χ2v) is 15.1. The van der Waals surface area contributed by atoms with Crippen LogP contribution in [0.5, 0.6) is 11.5 Å². The predicted molar refractivity (Wildman–Crippen MR) is 225 cm³/mol. The van der Waals surface area contributed by atoms with Gasteiger partial charge in [0.05, 0.1) is 18.2 Å². The number of aliphatic imine (C=N–C) groups is 1. The number of β-amino-alcohol motifs (C(OH)–C–C–N with tert-alkyl or cyclic N) is 1. The van der Waals surface area contributed by atoms with Crippen LogP contribution in [-0.2, 0) is 24.6 Å². The highest BCUT2D eigenvalue weighted by Gasteiger charge is 2.32. The molecule has 298 valence electrons. The fraction of sp³-hybridized carbons (Fsp3) is 0.326. The molecule has 0 aliphatic carbocycles. The molecule has 0 amide bonds. The summed E-state index contributed by atoms with van der Waals surface area (Å²) < 4.78 is 12.7. The zero-order valence-electron chi connectivity index (χ0n) is 33.0. The van der Waals surface area contributed by atoms with Crippen molar-refractivity contribution in [3.05, 3.63) is 135 Å². The second kappa shape index (κ2) is 18.9. The number of carbonyl (C=O) groups is 1. The molecule has 10 nitrogen and oxygen atoms in total. The van der Waals surface area contributed by atoms with Crippen LogP contribution in [0.15, 0.2) is 96.2 Å². The molecule has 2 atom stereocenters. The largest absolute Gasteiger partial charge is 0.488 e. The van der Waals surface area contributed by atoms with Crippen molar-refractivity contribution in [2.24, 2.45) is 4.99 Å². The zero-order valence-corrected chi connectivity index (χ0v) is 33.7. The molecule has 57 heavy (non-hydrogen) atoms. The van der Waals surface area contributed by atoms with Gasteiger partial charge in [-0.3, -0.25) is 25.0 Å². The summed E-state index contributed by atoms with van der Waals surface area (Å²) in [6.45, 7) is 7.47. The van der Waals surface area contributed by atoms with Crippen LogP contribution in [0.2, 0.25) is 5.02 Å². The molecule has 4 aromatic carbocycles. The zero-order chi connectivity index (χ0) is 40.5. The standard InChI is InChI=1S/C46H51ClN4O6/c1-30-36(8-5-10-39(30)40-11-6-9-38(31(40)2)34-13-15-35(16-14-34)42-12-7-17-51(42)18-19-52)28-57-44-22-43(56-27-33-20-32(23-48-4)24-49-25-33)37(21-41(44)47)26-50-46(3,29-53)45(54)55/h5-6,8-11,13-16,20-25,42,50,52-53H,7,12,17-19,26-29H2,1-4H3,(H,54,55)/t42?,46-/m0/s1. The summed E-state index contributed by atoms with van der Waals surface area (Å²) in [5.74, 6) is -0.329. The van der Waals surface area contributed by atoms with Crippen LogP contribution in [0.1, 0.15) is 64.8 Å². The highest BCUT2D eigenvalue weighted by molar-refractivity contribution is 6.32. The summed E-state index contributed by atoms with van der Waals surface area (Å²) in [7, 11) is 1.69. The first kappa shape index (κ1) is 41.5. The fourth-order valence-corrected chi connectivity index (χ4v) is 7.67. The van der Waals surface area contributed by atoms with Crippen LogP contribution in [0.25, 0.3) is 22.3 Å². The van der Waals surface area contributed by atoms with E-state index in [0.717, 1.165) is 58.3 Å². The molecule has 1 aliphatic rings. The van der Waals surface area contributed by atoms with Gasteiger partial charge in [0.25, 0.3) is 0 Å². The Kier molecular flexibility index (Phi) is 13.8. The molecule has 4 N–H and O–H groups in total. The third kappa shape index (κ3) is 9.72. The van der Waals surface area contributed by atoms with E-state index in [4.69, 9.17) is 21.1 Å². The predicted octanol–water partition coefficient (Wildman–Crippen LogP) is 7.95. The van der Waals surface area contributed by atoms with E-state index >= 15 is 0 Å². The number of pyridine rings is 1. The number of aliphatic hydroxyl groups is 2. The number of hydrogen-bond acceptors (Lipinski definition) is 9. The third-order valence-electron chi connectivity index (χ3n) is 10.9. The Hall–Kier alpha value is -5.10. The summed E-state index contributed by atoms with van der Waals surface area (Å²) in [5, 5.41) is 32.3. The van der Waals surface area contributed by atoms with E-state index < -0.39 is 18.1 Å². The number of nitrogens with zero attached hydrogens (tertiary/aromatic N) is 3. The van der Waals surface area contributed by atoms with Crippen LogP contribution in [0.3, 0.4) is 0 Å². The van der Waals surface area contributed by atoms with Gasteiger partial charge in [0.1, 0.15) is 30.3 Å². The van der Waals surface area contributed by atoms with E-state index in [0.29, 0.717) is 34.7 Å². The van der Waals surface area contributed by atoms with Crippen LogP contribution in [0.4, 0.5) is 0 Å². The normalized spacial score (nSPS) is 15.5. The van der Waals surface area contributed by atoms with Crippen molar-refractivity contribution >= 4 is 23.8 Å². The molecule has 1 aliphatic heterocycles. The fourth-order valence-electron chi connectivity index (χ4n) is 7.43. The Bertz CT molecular complexity index is 2210. The van der Waals surface area contributed by atoms with Gasteiger partial charge >= 0.3 is 5.97 Å². The van der Waals surface area contributed by atoms with Crippen molar-refractivity contribution < 1.29 is 29.6 Å². The Morgan fingerprint density at radius 1 is 0.947 bits per heavy atom. The molecular weight excluding hydrogens is 740 g/mol. The molecule has 5 aromatic rings. The lowest BCUT2D eigenvalue weighted by Gasteiger charge is -2.25. The first-order chi connectivity index (χ1) is 27.5. The lowest BCUT2D eigenvalue weighted by Crippen LogP contribution is -2.52. The number of hydrogen-bond donors (Lipinski definition) is 4. The quantitative estimate of drug-likeness (QED) is 0.0692. The van der Waals surface area contributed by atoms with Gasteiger partial charge in [-0.15, -0.1) is 0 Å². The first-order valence-electron chi connectivity index (χ1n) is 19.2. The summed E-state index contributed by atoms with van der Waals surface area (Å²) in [4.78, 5) is 22.6. The minimum absolute atomic E-state index is 0.0624. The molecule has 0 saturated carbocycles. The topological polar surface area (TPSA) is 137 Å². The molecule has 0 bridgehead atoms. The molecule has 1 fully saturated rings. The molecule has 6 rings (SSSR count). The van der Waals surface area contributed by atoms with Gasteiger partial charge in [-0.05, 0) is 96.8 Å². The number of rotatable bonds is 17. The molecule has 11 heteroatoms. The third-order valence-corrected chi connectivity index (χ3v) is 11.2. The monoisotopic (exact) mass is 790 g/mol. The second-order valence-electron chi connectivity index (χ2n) is 14.7. The summed E-state index contributed by atoms with van der Waals surface area (Å²) in [5.41, 5.74) is 9.84. The van der Waals surface area contributed by atoms with E-state index in [1.54, 1.807) is 37.8 Å². The van der Waals surface area contributed by atoms with Gasteiger partial charge in [-0.25, -0.2) is 0 Å². The Labute approximate surface area is 339 Å². The highest BCUT2D eigenvalue weighted by atomic mass is 35.5. The first-order valence-corrected chi connectivity index (χ1v) is 19.6. The number of aromatic nitrogens is 1.